The minimum Gasteiger partial charge on any atom is -0.493 e. The van der Waals surface area contributed by atoms with Crippen LogP contribution < -0.4 is 14.4 Å². The summed E-state index contributed by atoms with van der Waals surface area (Å²) in [7, 11) is 4.74. The lowest BCUT2D eigenvalue weighted by atomic mass is 10.2. The Morgan fingerprint density at radius 3 is 2.44 bits per heavy atom. The van der Waals surface area contributed by atoms with Crippen molar-refractivity contribution in [1.29, 1.82) is 0 Å². The number of amides is 1. The van der Waals surface area contributed by atoms with Gasteiger partial charge in [-0.05, 0) is 30.3 Å². The van der Waals surface area contributed by atoms with E-state index < -0.39 is 0 Å². The molecule has 2 heterocycles. The third kappa shape index (κ3) is 3.43. The number of methoxy groups -OCH3 is 2. The molecule has 0 unspecified atom stereocenters. The van der Waals surface area contributed by atoms with Crippen LogP contribution in [0.4, 0.5) is 5.13 Å². The number of rotatable bonds is 5. The molecule has 1 aromatic carbocycles. The van der Waals surface area contributed by atoms with Crippen LogP contribution in [-0.2, 0) is 0 Å². The highest BCUT2D eigenvalue weighted by atomic mass is 32.1. The van der Waals surface area contributed by atoms with Crippen LogP contribution in [0.25, 0.3) is 10.6 Å². The molecule has 0 aliphatic heterocycles. The smallest absolute Gasteiger partial charge is 0.259 e. The highest BCUT2D eigenvalue weighted by molar-refractivity contribution is 7.18. The number of anilines is 1. The molecule has 128 valence electrons. The number of pyridine rings is 1. The number of aromatic nitrogens is 3. The third-order valence-electron chi connectivity index (χ3n) is 3.56. The van der Waals surface area contributed by atoms with Crippen LogP contribution in [0.5, 0.6) is 11.5 Å². The lowest BCUT2D eigenvalue weighted by Gasteiger charge is -2.14. The SMILES string of the molecule is COc1ccc(C(=O)N(C)c2nnc(-c3ccncc3)s2)cc1OC. The van der Waals surface area contributed by atoms with Crippen molar-refractivity contribution in [3.8, 4) is 22.1 Å². The normalized spacial score (nSPS) is 10.4. The molecular weight excluding hydrogens is 340 g/mol. The van der Waals surface area contributed by atoms with Crippen LogP contribution >= 0.6 is 11.3 Å². The fraction of sp³-hybridized carbons (Fsp3) is 0.176. The van der Waals surface area contributed by atoms with Gasteiger partial charge in [0.2, 0.25) is 5.13 Å². The Morgan fingerprint density at radius 1 is 1.04 bits per heavy atom. The van der Waals surface area contributed by atoms with E-state index in [0.717, 1.165) is 10.6 Å². The van der Waals surface area contributed by atoms with Gasteiger partial charge in [-0.1, -0.05) is 11.3 Å². The Morgan fingerprint density at radius 2 is 1.76 bits per heavy atom. The molecule has 3 rings (SSSR count). The molecular formula is C17H16N4O3S. The summed E-state index contributed by atoms with van der Waals surface area (Å²) in [6, 6.07) is 8.72. The molecule has 0 radical (unpaired) electrons. The van der Waals surface area contributed by atoms with E-state index in [1.807, 2.05) is 12.1 Å². The average molecular weight is 356 g/mol. The zero-order valence-corrected chi connectivity index (χ0v) is 14.8. The van der Waals surface area contributed by atoms with Crippen molar-refractivity contribution in [2.75, 3.05) is 26.2 Å². The molecule has 0 aliphatic carbocycles. The zero-order chi connectivity index (χ0) is 17.8. The van der Waals surface area contributed by atoms with Crippen molar-refractivity contribution in [2.45, 2.75) is 0 Å². The van der Waals surface area contributed by atoms with Gasteiger partial charge in [0.25, 0.3) is 5.91 Å². The van der Waals surface area contributed by atoms with E-state index in [2.05, 4.69) is 15.2 Å². The summed E-state index contributed by atoms with van der Waals surface area (Å²) in [5, 5.41) is 9.49. The molecule has 3 aromatic rings. The van der Waals surface area contributed by atoms with Gasteiger partial charge in [0.15, 0.2) is 11.5 Å². The van der Waals surface area contributed by atoms with Gasteiger partial charge in [0.1, 0.15) is 5.01 Å². The van der Waals surface area contributed by atoms with E-state index in [1.165, 1.54) is 23.3 Å². The van der Waals surface area contributed by atoms with E-state index in [1.54, 1.807) is 44.8 Å². The number of hydrogen-bond acceptors (Lipinski definition) is 7. The van der Waals surface area contributed by atoms with Crippen LogP contribution in [0.2, 0.25) is 0 Å². The van der Waals surface area contributed by atoms with Crippen LogP contribution in [0.1, 0.15) is 10.4 Å². The molecule has 25 heavy (non-hydrogen) atoms. The molecule has 0 saturated heterocycles. The lowest BCUT2D eigenvalue weighted by molar-refractivity contribution is 0.0992. The van der Waals surface area contributed by atoms with E-state index in [9.17, 15) is 4.79 Å². The fourth-order valence-electron chi connectivity index (χ4n) is 2.21. The maximum atomic E-state index is 12.7. The quantitative estimate of drug-likeness (QED) is 0.699. The first-order valence-corrected chi connectivity index (χ1v) is 8.19. The Balaban J connectivity index is 1.85. The van der Waals surface area contributed by atoms with Crippen LogP contribution in [-0.4, -0.2) is 42.4 Å². The van der Waals surface area contributed by atoms with Crippen molar-refractivity contribution in [1.82, 2.24) is 15.2 Å². The molecule has 0 N–H and O–H groups in total. The van der Waals surface area contributed by atoms with E-state index in [-0.39, 0.29) is 5.91 Å². The minimum absolute atomic E-state index is 0.210. The Bertz CT molecular complexity index is 883. The summed E-state index contributed by atoms with van der Waals surface area (Å²) < 4.78 is 10.4. The third-order valence-corrected chi connectivity index (χ3v) is 4.61. The number of hydrogen-bond donors (Lipinski definition) is 0. The molecule has 7 nitrogen and oxygen atoms in total. The number of nitrogens with zero attached hydrogens (tertiary/aromatic N) is 4. The monoisotopic (exact) mass is 356 g/mol. The summed E-state index contributed by atoms with van der Waals surface area (Å²) in [6.07, 6.45) is 3.38. The molecule has 0 aliphatic rings. The molecule has 0 atom stereocenters. The molecule has 8 heteroatoms. The standard InChI is InChI=1S/C17H16N4O3S/c1-21(16(22)12-4-5-13(23-2)14(10-12)24-3)17-20-19-15(25-17)11-6-8-18-9-7-11/h4-10H,1-3H3. The predicted octanol–water partition coefficient (Wildman–Crippen LogP) is 2.89. The van der Waals surface area contributed by atoms with E-state index in [0.29, 0.717) is 22.2 Å². The van der Waals surface area contributed by atoms with Gasteiger partial charge in [0, 0.05) is 30.6 Å². The highest BCUT2D eigenvalue weighted by Gasteiger charge is 2.19. The van der Waals surface area contributed by atoms with Crippen molar-refractivity contribution in [3.05, 3.63) is 48.3 Å². The zero-order valence-electron chi connectivity index (χ0n) is 14.0. The van der Waals surface area contributed by atoms with Gasteiger partial charge in [-0.3, -0.25) is 14.7 Å². The van der Waals surface area contributed by atoms with Crippen molar-refractivity contribution < 1.29 is 14.3 Å². The molecule has 1 amide bonds. The fourth-order valence-corrected chi connectivity index (χ4v) is 3.02. The van der Waals surface area contributed by atoms with Crippen LogP contribution in [0.3, 0.4) is 0 Å². The summed E-state index contributed by atoms with van der Waals surface area (Å²) in [5.41, 5.74) is 1.38. The number of carbonyl (C=O) groups is 1. The molecule has 0 fully saturated rings. The number of ether oxygens (including phenoxy) is 2. The Hall–Kier alpha value is -3.00. The number of benzene rings is 1. The topological polar surface area (TPSA) is 77.4 Å². The van der Waals surface area contributed by atoms with Gasteiger partial charge in [-0.2, -0.15) is 0 Å². The van der Waals surface area contributed by atoms with Gasteiger partial charge in [0.05, 0.1) is 14.2 Å². The maximum Gasteiger partial charge on any atom is 0.259 e. The van der Waals surface area contributed by atoms with Crippen LogP contribution in [0.15, 0.2) is 42.7 Å². The summed E-state index contributed by atoms with van der Waals surface area (Å²) in [5.74, 6) is 0.854. The first-order chi connectivity index (χ1) is 12.1. The molecule has 0 bridgehead atoms. The van der Waals surface area contributed by atoms with E-state index in [4.69, 9.17) is 9.47 Å². The van der Waals surface area contributed by atoms with Crippen molar-refractivity contribution in [3.63, 3.8) is 0 Å². The van der Waals surface area contributed by atoms with Crippen LogP contribution in [0, 0.1) is 0 Å². The minimum atomic E-state index is -0.210. The highest BCUT2D eigenvalue weighted by Crippen LogP contribution is 2.31. The number of carbonyl (C=O) groups excluding carboxylic acids is 1. The molecule has 2 aromatic heterocycles. The van der Waals surface area contributed by atoms with E-state index >= 15 is 0 Å². The summed E-state index contributed by atoms with van der Waals surface area (Å²) in [4.78, 5) is 18.2. The second-order valence-electron chi connectivity index (χ2n) is 5.06. The average Bonchev–Trinajstić information content (AvgIpc) is 3.17. The summed E-state index contributed by atoms with van der Waals surface area (Å²) >= 11 is 1.33. The Labute approximate surface area is 148 Å². The lowest BCUT2D eigenvalue weighted by Crippen LogP contribution is -2.26. The molecule has 0 spiro atoms. The van der Waals surface area contributed by atoms with Crippen molar-refractivity contribution in [2.24, 2.45) is 0 Å². The second-order valence-corrected chi connectivity index (χ2v) is 6.02. The van der Waals surface area contributed by atoms with Gasteiger partial charge < -0.3 is 9.47 Å². The Kier molecular flexibility index (Phi) is 4.90. The largest absolute Gasteiger partial charge is 0.493 e. The van der Waals surface area contributed by atoms with Crippen molar-refractivity contribution >= 4 is 22.4 Å². The van der Waals surface area contributed by atoms with Gasteiger partial charge >= 0.3 is 0 Å². The molecule has 0 saturated carbocycles. The first kappa shape index (κ1) is 16.8. The second kappa shape index (κ2) is 7.27. The van der Waals surface area contributed by atoms with Gasteiger partial charge in [-0.25, -0.2) is 0 Å². The van der Waals surface area contributed by atoms with Gasteiger partial charge in [-0.15, -0.1) is 10.2 Å². The maximum absolute atomic E-state index is 12.7. The first-order valence-electron chi connectivity index (χ1n) is 7.38. The summed E-state index contributed by atoms with van der Waals surface area (Å²) in [6.45, 7) is 0. The predicted molar refractivity (Wildman–Crippen MR) is 95.4 cm³/mol.